The standard InChI is InChI=1S/C54H45N3.Pt/c1-53(2,3)42-31-44-45-32-43(54(4,5)6)34-47(52(45)57-51(44)46(33-42)49-28-39(25-26-55-49)36-19-12-8-13-20-36)50-30-41(37-21-14-9-15-22-37)29-48(56-50)40-24-16-23-38(27-40)35-17-10-7-11-18-35;/h7-23,25-34H,1-6H3;/q-2;+2. The second kappa shape index (κ2) is 15.5. The predicted molar refractivity (Wildman–Crippen MR) is 239 cm³/mol. The van der Waals surface area contributed by atoms with Gasteiger partial charge in [-0.15, -0.1) is 46.4 Å². The predicted octanol–water partition coefficient (Wildman–Crippen LogP) is 14.1. The van der Waals surface area contributed by atoms with Crippen LogP contribution < -0.4 is 4.98 Å². The van der Waals surface area contributed by atoms with Crippen LogP contribution in [0.4, 0.5) is 0 Å². The van der Waals surface area contributed by atoms with Gasteiger partial charge in [-0.25, -0.2) is 0 Å². The number of aromatic nitrogens is 3. The van der Waals surface area contributed by atoms with Crippen LogP contribution in [0, 0.1) is 6.07 Å². The second-order valence-corrected chi connectivity index (χ2v) is 17.1. The van der Waals surface area contributed by atoms with Crippen molar-refractivity contribution in [1.82, 2.24) is 15.0 Å². The SMILES string of the molecule is CC(C)(C)c1cc(-c2cc(-c3ccccc3)ccn2)c2[n-]c3c(-c4cc(-c5ccccc5)cc(-c5[c-]ccc(-c6ccccc6)c5)n4)cc(C(C)(C)C)cc3c2c1.[Pt+2]. The van der Waals surface area contributed by atoms with Gasteiger partial charge in [0, 0.05) is 6.20 Å². The zero-order valence-corrected chi connectivity index (χ0v) is 36.0. The van der Waals surface area contributed by atoms with Gasteiger partial charge in [0.05, 0.1) is 11.4 Å². The fraction of sp³-hybridized carbons (Fsp3) is 0.148. The van der Waals surface area contributed by atoms with Crippen LogP contribution in [0.5, 0.6) is 0 Å². The van der Waals surface area contributed by atoms with Crippen molar-refractivity contribution in [3.05, 3.63) is 181 Å². The van der Waals surface area contributed by atoms with Gasteiger partial charge < -0.3 is 4.98 Å². The average molecular weight is 931 g/mol. The molecule has 0 saturated heterocycles. The summed E-state index contributed by atoms with van der Waals surface area (Å²) in [5, 5.41) is 2.26. The molecule has 6 aromatic carbocycles. The Bertz CT molecular complexity index is 2900. The van der Waals surface area contributed by atoms with Gasteiger partial charge in [-0.05, 0) is 95.6 Å². The fourth-order valence-corrected chi connectivity index (χ4v) is 7.71. The molecule has 3 nitrogen and oxygen atoms in total. The molecule has 3 aromatic heterocycles. The summed E-state index contributed by atoms with van der Waals surface area (Å²) in [4.78, 5) is 16.0. The van der Waals surface area contributed by atoms with Gasteiger partial charge >= 0.3 is 21.1 Å². The Morgan fingerprint density at radius 1 is 0.448 bits per heavy atom. The number of benzene rings is 6. The first-order chi connectivity index (χ1) is 27.5. The molecule has 0 unspecified atom stereocenters. The van der Waals surface area contributed by atoms with E-state index in [1.54, 1.807) is 0 Å². The summed E-state index contributed by atoms with van der Waals surface area (Å²) < 4.78 is 0. The molecule has 0 radical (unpaired) electrons. The Balaban J connectivity index is 0.00000469. The van der Waals surface area contributed by atoms with Gasteiger partial charge in [0.25, 0.3) is 0 Å². The van der Waals surface area contributed by atoms with Crippen LogP contribution in [0.3, 0.4) is 0 Å². The number of nitrogens with zero attached hydrogens (tertiary/aromatic N) is 3. The molecule has 0 saturated carbocycles. The first kappa shape index (κ1) is 39.0. The largest absolute Gasteiger partial charge is 2.00 e. The molecule has 0 bridgehead atoms. The zero-order valence-electron chi connectivity index (χ0n) is 33.7. The third-order valence-electron chi connectivity index (χ3n) is 11.0. The third kappa shape index (κ3) is 7.60. The molecule has 0 fully saturated rings. The summed E-state index contributed by atoms with van der Waals surface area (Å²) in [5.74, 6) is 0. The van der Waals surface area contributed by atoms with Gasteiger partial charge in [0.15, 0.2) is 0 Å². The summed E-state index contributed by atoms with van der Waals surface area (Å²) in [7, 11) is 0. The minimum absolute atomic E-state index is 0. The number of fused-ring (bicyclic) bond motifs is 3. The van der Waals surface area contributed by atoms with E-state index in [0.717, 1.165) is 89.0 Å². The van der Waals surface area contributed by atoms with E-state index in [-0.39, 0.29) is 31.9 Å². The molecule has 4 heteroatoms. The molecular formula is C54H45N3Pt. The van der Waals surface area contributed by atoms with Crippen molar-refractivity contribution in [2.24, 2.45) is 0 Å². The Morgan fingerprint density at radius 2 is 0.914 bits per heavy atom. The molecule has 58 heavy (non-hydrogen) atoms. The first-order valence-corrected chi connectivity index (χ1v) is 19.8. The maximum Gasteiger partial charge on any atom is 2.00 e. The summed E-state index contributed by atoms with van der Waals surface area (Å²) in [6, 6.07) is 59.5. The molecule has 0 amide bonds. The molecule has 0 aliphatic heterocycles. The fourth-order valence-electron chi connectivity index (χ4n) is 7.71. The van der Waals surface area contributed by atoms with Crippen LogP contribution in [0.15, 0.2) is 164 Å². The minimum Gasteiger partial charge on any atom is -0.656 e. The second-order valence-electron chi connectivity index (χ2n) is 17.1. The van der Waals surface area contributed by atoms with Gasteiger partial charge in [-0.1, -0.05) is 163 Å². The molecule has 286 valence electrons. The van der Waals surface area contributed by atoms with Crippen molar-refractivity contribution in [1.29, 1.82) is 0 Å². The van der Waals surface area contributed by atoms with Crippen molar-refractivity contribution in [2.75, 3.05) is 0 Å². The summed E-state index contributed by atoms with van der Waals surface area (Å²) in [5.41, 5.74) is 16.6. The van der Waals surface area contributed by atoms with Crippen LogP contribution in [-0.4, -0.2) is 9.97 Å². The minimum atomic E-state index is -0.125. The number of hydrogen-bond donors (Lipinski definition) is 0. The van der Waals surface area contributed by atoms with Crippen molar-refractivity contribution in [3.63, 3.8) is 0 Å². The van der Waals surface area contributed by atoms with Crippen molar-refractivity contribution in [2.45, 2.75) is 52.4 Å². The van der Waals surface area contributed by atoms with Gasteiger partial charge in [0.1, 0.15) is 0 Å². The summed E-state index contributed by atoms with van der Waals surface area (Å²) in [6.07, 6.45) is 1.92. The van der Waals surface area contributed by atoms with E-state index in [4.69, 9.17) is 15.0 Å². The quantitative estimate of drug-likeness (QED) is 0.156. The normalized spacial score (nSPS) is 11.8. The van der Waals surface area contributed by atoms with Gasteiger partial charge in [-0.3, -0.25) is 9.97 Å². The maximum atomic E-state index is 5.59. The van der Waals surface area contributed by atoms with Crippen molar-refractivity contribution >= 4 is 21.8 Å². The molecule has 9 rings (SSSR count). The molecule has 9 aromatic rings. The van der Waals surface area contributed by atoms with Crippen molar-refractivity contribution < 1.29 is 21.1 Å². The van der Waals surface area contributed by atoms with Gasteiger partial charge in [0.2, 0.25) is 0 Å². The number of hydrogen-bond acceptors (Lipinski definition) is 2. The van der Waals surface area contributed by atoms with Crippen LogP contribution in [0.1, 0.15) is 52.7 Å². The van der Waals surface area contributed by atoms with Crippen LogP contribution in [0.2, 0.25) is 0 Å². The number of pyridine rings is 2. The van der Waals surface area contributed by atoms with E-state index in [0.29, 0.717) is 0 Å². The molecule has 0 spiro atoms. The Kier molecular flexibility index (Phi) is 10.4. The molecule has 3 heterocycles. The van der Waals surface area contributed by atoms with E-state index < -0.39 is 0 Å². The van der Waals surface area contributed by atoms with Crippen LogP contribution in [-0.2, 0) is 31.9 Å². The third-order valence-corrected chi connectivity index (χ3v) is 11.0. The van der Waals surface area contributed by atoms with Crippen LogP contribution in [0.25, 0.3) is 89.0 Å². The Labute approximate surface area is 356 Å². The van der Waals surface area contributed by atoms with E-state index in [1.807, 2.05) is 12.3 Å². The van der Waals surface area contributed by atoms with E-state index in [2.05, 4.69) is 199 Å². The zero-order chi connectivity index (χ0) is 39.3. The van der Waals surface area contributed by atoms with E-state index in [1.165, 1.54) is 11.1 Å². The monoisotopic (exact) mass is 930 g/mol. The number of rotatable bonds is 6. The molecule has 0 N–H and O–H groups in total. The van der Waals surface area contributed by atoms with E-state index >= 15 is 0 Å². The van der Waals surface area contributed by atoms with Gasteiger partial charge in [-0.2, -0.15) is 0 Å². The van der Waals surface area contributed by atoms with E-state index in [9.17, 15) is 0 Å². The molecule has 0 aliphatic carbocycles. The summed E-state index contributed by atoms with van der Waals surface area (Å²) in [6.45, 7) is 13.7. The Hall–Kier alpha value is -5.89. The maximum absolute atomic E-state index is 5.59. The smallest absolute Gasteiger partial charge is 0.656 e. The Morgan fingerprint density at radius 3 is 1.45 bits per heavy atom. The molecular weight excluding hydrogens is 886 g/mol. The van der Waals surface area contributed by atoms with Crippen molar-refractivity contribution in [3.8, 4) is 67.2 Å². The van der Waals surface area contributed by atoms with Crippen LogP contribution >= 0.6 is 0 Å². The first-order valence-electron chi connectivity index (χ1n) is 19.8. The summed E-state index contributed by atoms with van der Waals surface area (Å²) >= 11 is 0. The molecule has 0 atom stereocenters. The average Bonchev–Trinajstić information content (AvgIpc) is 3.62. The molecule has 0 aliphatic rings. The topological polar surface area (TPSA) is 39.9 Å².